The second-order valence-corrected chi connectivity index (χ2v) is 4.38. The lowest BCUT2D eigenvalue weighted by atomic mass is 10.0. The van der Waals surface area contributed by atoms with Crippen molar-refractivity contribution in [2.75, 3.05) is 0 Å². The summed E-state index contributed by atoms with van der Waals surface area (Å²) in [5.74, 6) is 0.531. The normalized spacial score (nSPS) is 12.4. The third-order valence-electron chi connectivity index (χ3n) is 2.39. The minimum Gasteiger partial charge on any atom is -0.383 e. The van der Waals surface area contributed by atoms with Gasteiger partial charge in [0.2, 0.25) is 0 Å². The molecule has 0 radical (unpaired) electrons. The van der Waals surface area contributed by atoms with E-state index in [1.165, 1.54) is 0 Å². The summed E-state index contributed by atoms with van der Waals surface area (Å²) in [4.78, 5) is 6.90. The lowest BCUT2D eigenvalue weighted by Gasteiger charge is -2.14. The molecular weight excluding hydrogens is 259 g/mol. The number of H-pyrrole nitrogens is 1. The first-order valence-electron chi connectivity index (χ1n) is 4.91. The largest absolute Gasteiger partial charge is 0.383 e. The molecule has 2 aromatic rings. The van der Waals surface area contributed by atoms with Crippen LogP contribution in [0.25, 0.3) is 5.57 Å². The first kappa shape index (κ1) is 12.2. The first-order chi connectivity index (χ1) is 8.09. The van der Waals surface area contributed by atoms with Gasteiger partial charge in [0, 0.05) is 33.6 Å². The van der Waals surface area contributed by atoms with Gasteiger partial charge < -0.3 is 10.1 Å². The van der Waals surface area contributed by atoms with Crippen LogP contribution in [0.15, 0.2) is 37.2 Å². The van der Waals surface area contributed by atoms with E-state index >= 15 is 0 Å². The molecule has 0 aliphatic rings. The van der Waals surface area contributed by atoms with Crippen molar-refractivity contribution in [3.8, 4) is 0 Å². The average Bonchev–Trinajstić information content (AvgIpc) is 2.80. The number of benzene rings is 1. The molecule has 1 aromatic carbocycles. The van der Waals surface area contributed by atoms with Gasteiger partial charge in [-0.1, -0.05) is 35.8 Å². The molecule has 0 saturated heterocycles. The Morgan fingerprint density at radius 1 is 1.41 bits per heavy atom. The smallest absolute Gasteiger partial charge is 0.135 e. The van der Waals surface area contributed by atoms with Gasteiger partial charge in [0.05, 0.1) is 0 Å². The summed E-state index contributed by atoms with van der Waals surface area (Å²) in [6, 6.07) is 4.92. The van der Waals surface area contributed by atoms with Crippen molar-refractivity contribution >= 4 is 28.8 Å². The molecule has 5 heteroatoms. The number of aliphatic hydroxyl groups is 1. The van der Waals surface area contributed by atoms with E-state index in [1.807, 2.05) is 0 Å². The number of aromatic nitrogens is 2. The van der Waals surface area contributed by atoms with Crippen molar-refractivity contribution in [2.45, 2.75) is 6.10 Å². The molecule has 2 rings (SSSR count). The van der Waals surface area contributed by atoms with Gasteiger partial charge in [-0.15, -0.1) is 0 Å². The Labute approximate surface area is 109 Å². The van der Waals surface area contributed by atoms with E-state index in [4.69, 9.17) is 23.2 Å². The van der Waals surface area contributed by atoms with Crippen molar-refractivity contribution in [3.63, 3.8) is 0 Å². The van der Waals surface area contributed by atoms with E-state index in [1.54, 1.807) is 30.6 Å². The highest BCUT2D eigenvalue weighted by atomic mass is 35.5. The van der Waals surface area contributed by atoms with Crippen LogP contribution in [-0.4, -0.2) is 15.1 Å². The predicted molar refractivity (Wildman–Crippen MR) is 69.0 cm³/mol. The van der Waals surface area contributed by atoms with Gasteiger partial charge in [-0.2, -0.15) is 0 Å². The minimum atomic E-state index is -0.911. The third-order valence-corrected chi connectivity index (χ3v) is 2.95. The summed E-state index contributed by atoms with van der Waals surface area (Å²) >= 11 is 11.8. The molecule has 0 saturated carbocycles. The number of aromatic amines is 1. The average molecular weight is 269 g/mol. The molecule has 0 aliphatic heterocycles. The highest BCUT2D eigenvalue weighted by molar-refractivity contribution is 6.35. The number of imidazole rings is 1. The molecule has 0 aliphatic carbocycles. The Hall–Kier alpha value is -1.29. The van der Waals surface area contributed by atoms with Crippen molar-refractivity contribution in [3.05, 3.63) is 58.6 Å². The van der Waals surface area contributed by atoms with Gasteiger partial charge in [0.1, 0.15) is 11.9 Å². The summed E-state index contributed by atoms with van der Waals surface area (Å²) in [6.07, 6.45) is 2.35. The van der Waals surface area contributed by atoms with Crippen LogP contribution >= 0.6 is 23.2 Å². The molecule has 1 unspecified atom stereocenters. The van der Waals surface area contributed by atoms with Crippen molar-refractivity contribution in [1.82, 2.24) is 9.97 Å². The molecule has 3 nitrogen and oxygen atoms in total. The maximum atomic E-state index is 10.1. The SMILES string of the molecule is C=C(c1ncc[nH]1)C(O)c1ccc(Cl)cc1Cl. The maximum absolute atomic E-state index is 10.1. The standard InChI is InChI=1S/C12H10Cl2N2O/c1-7(12-15-4-5-16-12)11(17)9-3-2-8(13)6-10(9)14/h2-6,11,17H,1H2,(H,15,16). The van der Waals surface area contributed by atoms with Gasteiger partial charge >= 0.3 is 0 Å². The summed E-state index contributed by atoms with van der Waals surface area (Å²) in [6.45, 7) is 3.80. The predicted octanol–water partition coefficient (Wildman–Crippen LogP) is 3.46. The Balaban J connectivity index is 2.31. The summed E-state index contributed by atoms with van der Waals surface area (Å²) < 4.78 is 0. The van der Waals surface area contributed by atoms with Crippen molar-refractivity contribution in [2.24, 2.45) is 0 Å². The second kappa shape index (κ2) is 4.92. The topological polar surface area (TPSA) is 48.9 Å². The molecule has 88 valence electrons. The van der Waals surface area contributed by atoms with Crippen molar-refractivity contribution in [1.29, 1.82) is 0 Å². The Bertz CT molecular complexity index is 537. The number of halogens is 2. The third kappa shape index (κ3) is 2.52. The number of nitrogens with one attached hydrogen (secondary N) is 1. The molecule has 2 N–H and O–H groups in total. The van der Waals surface area contributed by atoms with E-state index in [2.05, 4.69) is 16.5 Å². The highest BCUT2D eigenvalue weighted by Gasteiger charge is 2.17. The molecule has 0 amide bonds. The number of rotatable bonds is 3. The van der Waals surface area contributed by atoms with Crippen LogP contribution in [-0.2, 0) is 0 Å². The van der Waals surface area contributed by atoms with Crippen LogP contribution in [0.1, 0.15) is 17.5 Å². The van der Waals surface area contributed by atoms with Crippen LogP contribution in [0, 0.1) is 0 Å². The van der Waals surface area contributed by atoms with Gasteiger partial charge in [0.15, 0.2) is 0 Å². The van der Waals surface area contributed by atoms with E-state index in [0.717, 1.165) is 0 Å². The Morgan fingerprint density at radius 2 is 2.18 bits per heavy atom. The van der Waals surface area contributed by atoms with Crippen LogP contribution in [0.2, 0.25) is 10.0 Å². The molecule has 17 heavy (non-hydrogen) atoms. The van der Waals surface area contributed by atoms with Gasteiger partial charge in [0.25, 0.3) is 0 Å². The van der Waals surface area contributed by atoms with E-state index < -0.39 is 6.10 Å². The molecule has 0 spiro atoms. The van der Waals surface area contributed by atoms with Crippen LogP contribution in [0.4, 0.5) is 0 Å². The molecule has 1 aromatic heterocycles. The maximum Gasteiger partial charge on any atom is 0.135 e. The van der Waals surface area contributed by atoms with Gasteiger partial charge in [-0.3, -0.25) is 0 Å². The van der Waals surface area contributed by atoms with E-state index in [-0.39, 0.29) is 0 Å². The lowest BCUT2D eigenvalue weighted by molar-refractivity contribution is 0.238. The van der Waals surface area contributed by atoms with E-state index in [0.29, 0.717) is 27.0 Å². The van der Waals surface area contributed by atoms with Crippen molar-refractivity contribution < 1.29 is 5.11 Å². The molecular formula is C12H10Cl2N2O. The first-order valence-corrected chi connectivity index (χ1v) is 5.66. The Morgan fingerprint density at radius 3 is 2.76 bits per heavy atom. The monoisotopic (exact) mass is 268 g/mol. The number of hydrogen-bond donors (Lipinski definition) is 2. The highest BCUT2D eigenvalue weighted by Crippen LogP contribution is 2.32. The zero-order valence-corrected chi connectivity index (χ0v) is 10.3. The number of hydrogen-bond acceptors (Lipinski definition) is 2. The molecule has 1 atom stereocenters. The Kier molecular flexibility index (Phi) is 3.52. The number of nitrogens with zero attached hydrogens (tertiary/aromatic N) is 1. The molecule has 0 bridgehead atoms. The van der Waals surface area contributed by atoms with Crippen LogP contribution in [0.3, 0.4) is 0 Å². The number of aliphatic hydroxyl groups excluding tert-OH is 1. The minimum absolute atomic E-state index is 0.401. The summed E-state index contributed by atoms with van der Waals surface area (Å²) in [7, 11) is 0. The van der Waals surface area contributed by atoms with E-state index in [9.17, 15) is 5.11 Å². The fraction of sp³-hybridized carbons (Fsp3) is 0.0833. The fourth-order valence-electron chi connectivity index (χ4n) is 1.48. The summed E-state index contributed by atoms with van der Waals surface area (Å²) in [5.41, 5.74) is 1.01. The molecule has 1 heterocycles. The van der Waals surface area contributed by atoms with Crippen LogP contribution < -0.4 is 0 Å². The summed E-state index contributed by atoms with van der Waals surface area (Å²) in [5, 5.41) is 11.1. The van der Waals surface area contributed by atoms with Crippen LogP contribution in [0.5, 0.6) is 0 Å². The quantitative estimate of drug-likeness (QED) is 0.896. The lowest BCUT2D eigenvalue weighted by Crippen LogP contribution is -2.02. The zero-order chi connectivity index (χ0) is 12.4. The van der Waals surface area contributed by atoms with Gasteiger partial charge in [-0.25, -0.2) is 4.98 Å². The van der Waals surface area contributed by atoms with Gasteiger partial charge in [-0.05, 0) is 12.1 Å². The second-order valence-electron chi connectivity index (χ2n) is 3.53. The zero-order valence-electron chi connectivity index (χ0n) is 8.82. The molecule has 0 fully saturated rings. The fourth-order valence-corrected chi connectivity index (χ4v) is 1.99.